The van der Waals surface area contributed by atoms with Crippen molar-refractivity contribution in [3.05, 3.63) is 52.3 Å². The molecule has 0 aliphatic heterocycles. The Bertz CT molecular complexity index is 1390. The lowest BCUT2D eigenvalue weighted by molar-refractivity contribution is -0.133. The molecule has 10 heteroatoms. The number of halogens is 3. The summed E-state index contributed by atoms with van der Waals surface area (Å²) in [4.78, 5) is 20.2. The van der Waals surface area contributed by atoms with Gasteiger partial charge in [-0.3, -0.25) is 4.57 Å². The van der Waals surface area contributed by atoms with Crippen molar-refractivity contribution in [3.63, 3.8) is 0 Å². The Morgan fingerprint density at radius 1 is 1.12 bits per heavy atom. The van der Waals surface area contributed by atoms with Crippen molar-refractivity contribution < 1.29 is 13.2 Å². The number of benzene rings is 1. The molecule has 0 atom stereocenters. The van der Waals surface area contributed by atoms with Crippen LogP contribution in [0.1, 0.15) is 49.3 Å². The minimum absolute atomic E-state index is 0.0286. The summed E-state index contributed by atoms with van der Waals surface area (Å²) in [6.07, 6.45) is 1.49. The van der Waals surface area contributed by atoms with Gasteiger partial charge in [0.05, 0.1) is 17.5 Å². The van der Waals surface area contributed by atoms with Crippen molar-refractivity contribution in [2.75, 3.05) is 6.54 Å². The zero-order chi connectivity index (χ0) is 24.0. The number of hydrogen-bond acceptors (Lipinski definition) is 4. The van der Waals surface area contributed by atoms with Gasteiger partial charge in [-0.15, -0.1) is 0 Å². The lowest BCUT2D eigenvalue weighted by Gasteiger charge is -2.30. The van der Waals surface area contributed by atoms with Crippen LogP contribution in [-0.4, -0.2) is 42.9 Å². The summed E-state index contributed by atoms with van der Waals surface area (Å²) in [6.45, 7) is 3.96. The minimum Gasteiger partial charge on any atom is -0.314 e. The van der Waals surface area contributed by atoms with Gasteiger partial charge in [-0.2, -0.15) is 18.3 Å². The first-order valence-electron chi connectivity index (χ1n) is 11.5. The highest BCUT2D eigenvalue weighted by molar-refractivity contribution is 5.84. The van der Waals surface area contributed by atoms with Gasteiger partial charge in [0.1, 0.15) is 6.33 Å². The summed E-state index contributed by atoms with van der Waals surface area (Å²) >= 11 is 0. The Kier molecular flexibility index (Phi) is 5.71. The molecule has 0 bridgehead atoms. The largest absolute Gasteiger partial charge is 0.390 e. The molecular formula is C24H27F3N6O. The van der Waals surface area contributed by atoms with E-state index in [0.717, 1.165) is 64.6 Å². The van der Waals surface area contributed by atoms with E-state index in [1.54, 1.807) is 4.52 Å². The third-order valence-corrected chi connectivity index (χ3v) is 6.84. The molecule has 2 N–H and O–H groups in total. The Morgan fingerprint density at radius 3 is 2.62 bits per heavy atom. The standard InChI is InChI=1S/C24H27F3N6O/c1-14-10-21-20(11-19(14)16-9-15(2)22-29-13-30-32(22)12-16)31-23(34)33(21)18-5-3-17(4-6-18)28-8-7-24(25,26)27/h9-13,17-18,28H,3-8H2,1-2H3,(H,31,34). The highest BCUT2D eigenvalue weighted by Crippen LogP contribution is 2.33. The normalized spacial score (nSPS) is 19.3. The van der Waals surface area contributed by atoms with Crippen LogP contribution in [-0.2, 0) is 0 Å². The zero-order valence-corrected chi connectivity index (χ0v) is 19.1. The molecule has 0 amide bonds. The summed E-state index contributed by atoms with van der Waals surface area (Å²) in [7, 11) is 0. The number of pyridine rings is 1. The number of fused-ring (bicyclic) bond motifs is 2. The second-order valence-corrected chi connectivity index (χ2v) is 9.25. The fourth-order valence-corrected chi connectivity index (χ4v) is 5.15. The van der Waals surface area contributed by atoms with E-state index in [9.17, 15) is 18.0 Å². The van der Waals surface area contributed by atoms with Crippen LogP contribution in [0.15, 0.2) is 35.5 Å². The SMILES string of the molecule is Cc1cc2c(cc1-c1cc(C)c3ncnn3c1)[nH]c(=O)n2C1CCC(NCCC(F)(F)F)CC1. The van der Waals surface area contributed by atoms with Gasteiger partial charge >= 0.3 is 11.9 Å². The topological polar surface area (TPSA) is 80.0 Å². The van der Waals surface area contributed by atoms with Crippen molar-refractivity contribution >= 4 is 16.7 Å². The lowest BCUT2D eigenvalue weighted by Crippen LogP contribution is -2.37. The molecule has 0 radical (unpaired) electrons. The molecule has 34 heavy (non-hydrogen) atoms. The number of aromatic amines is 1. The van der Waals surface area contributed by atoms with Gasteiger partial charge in [-0.1, -0.05) is 0 Å². The zero-order valence-electron chi connectivity index (χ0n) is 19.1. The van der Waals surface area contributed by atoms with E-state index in [1.165, 1.54) is 6.33 Å². The monoisotopic (exact) mass is 472 g/mol. The average molecular weight is 473 g/mol. The minimum atomic E-state index is -4.14. The summed E-state index contributed by atoms with van der Waals surface area (Å²) in [5, 5.41) is 7.28. The van der Waals surface area contributed by atoms with E-state index >= 15 is 0 Å². The first-order chi connectivity index (χ1) is 16.2. The predicted octanol–water partition coefficient (Wildman–Crippen LogP) is 4.68. The quantitative estimate of drug-likeness (QED) is 0.442. The summed E-state index contributed by atoms with van der Waals surface area (Å²) < 4.78 is 40.8. The number of aromatic nitrogens is 5. The molecule has 3 heterocycles. The van der Waals surface area contributed by atoms with Crippen LogP contribution < -0.4 is 11.0 Å². The third kappa shape index (κ3) is 4.34. The maximum absolute atomic E-state index is 12.9. The van der Waals surface area contributed by atoms with E-state index in [4.69, 9.17) is 0 Å². The molecule has 1 aliphatic carbocycles. The molecule has 180 valence electrons. The van der Waals surface area contributed by atoms with Gasteiger partial charge in [0.25, 0.3) is 0 Å². The van der Waals surface area contributed by atoms with Gasteiger partial charge in [0, 0.05) is 30.4 Å². The molecule has 0 spiro atoms. The second-order valence-electron chi connectivity index (χ2n) is 9.25. The number of aryl methyl sites for hydroxylation is 2. The highest BCUT2D eigenvalue weighted by atomic mass is 19.4. The molecule has 1 fully saturated rings. The third-order valence-electron chi connectivity index (χ3n) is 6.84. The van der Waals surface area contributed by atoms with Gasteiger partial charge in [-0.25, -0.2) is 14.3 Å². The predicted molar refractivity (Wildman–Crippen MR) is 124 cm³/mol. The summed E-state index contributed by atoms with van der Waals surface area (Å²) in [5.41, 5.74) is 6.36. The van der Waals surface area contributed by atoms with Crippen molar-refractivity contribution in [2.45, 2.75) is 64.2 Å². The number of nitrogens with zero attached hydrogens (tertiary/aromatic N) is 4. The smallest absolute Gasteiger partial charge is 0.314 e. The van der Waals surface area contributed by atoms with Gasteiger partial charge in [0.2, 0.25) is 0 Å². The van der Waals surface area contributed by atoms with Gasteiger partial charge < -0.3 is 10.3 Å². The van der Waals surface area contributed by atoms with Gasteiger partial charge in [0.15, 0.2) is 5.65 Å². The molecule has 1 aromatic carbocycles. The molecule has 3 aromatic heterocycles. The Hall–Kier alpha value is -3.14. The maximum Gasteiger partial charge on any atom is 0.390 e. The van der Waals surface area contributed by atoms with Crippen molar-refractivity contribution in [2.24, 2.45) is 0 Å². The number of H-pyrrole nitrogens is 1. The molecule has 1 saturated carbocycles. The molecule has 1 aliphatic rings. The fourth-order valence-electron chi connectivity index (χ4n) is 5.15. The molecular weight excluding hydrogens is 445 g/mol. The van der Waals surface area contributed by atoms with Crippen molar-refractivity contribution in [1.82, 2.24) is 29.5 Å². The molecule has 7 nitrogen and oxygen atoms in total. The lowest BCUT2D eigenvalue weighted by atomic mass is 9.90. The van der Waals surface area contributed by atoms with Crippen LogP contribution in [0.4, 0.5) is 13.2 Å². The first kappa shape index (κ1) is 22.6. The van der Waals surface area contributed by atoms with E-state index in [2.05, 4.69) is 26.4 Å². The fraction of sp³-hybridized carbons (Fsp3) is 0.458. The van der Waals surface area contributed by atoms with Gasteiger partial charge in [-0.05, 0) is 74.4 Å². The second kappa shape index (κ2) is 8.57. The number of hydrogen-bond donors (Lipinski definition) is 2. The maximum atomic E-state index is 12.9. The molecule has 0 unspecified atom stereocenters. The van der Waals surface area contributed by atoms with Crippen LogP contribution in [0.2, 0.25) is 0 Å². The highest BCUT2D eigenvalue weighted by Gasteiger charge is 2.29. The number of rotatable bonds is 5. The van der Waals surface area contributed by atoms with Crippen molar-refractivity contribution in [1.29, 1.82) is 0 Å². The Labute approximate surface area is 194 Å². The first-order valence-corrected chi connectivity index (χ1v) is 11.5. The number of nitrogens with one attached hydrogen (secondary N) is 2. The summed E-state index contributed by atoms with van der Waals surface area (Å²) in [6, 6.07) is 6.20. The number of imidazole rings is 1. The summed E-state index contributed by atoms with van der Waals surface area (Å²) in [5.74, 6) is 0. The van der Waals surface area contributed by atoms with Crippen LogP contribution in [0.25, 0.3) is 27.8 Å². The van der Waals surface area contributed by atoms with E-state index in [1.807, 2.05) is 36.7 Å². The van der Waals surface area contributed by atoms with Crippen molar-refractivity contribution in [3.8, 4) is 11.1 Å². The number of alkyl halides is 3. The van der Waals surface area contributed by atoms with Crippen LogP contribution >= 0.6 is 0 Å². The van der Waals surface area contributed by atoms with Crippen LogP contribution in [0, 0.1) is 13.8 Å². The van der Waals surface area contributed by atoms with E-state index in [0.29, 0.717) is 0 Å². The Balaban J connectivity index is 1.38. The van der Waals surface area contributed by atoms with E-state index < -0.39 is 12.6 Å². The van der Waals surface area contributed by atoms with Crippen LogP contribution in [0.5, 0.6) is 0 Å². The average Bonchev–Trinajstić information content (AvgIpc) is 3.37. The Morgan fingerprint density at radius 2 is 1.88 bits per heavy atom. The van der Waals surface area contributed by atoms with Crippen LogP contribution in [0.3, 0.4) is 0 Å². The molecule has 0 saturated heterocycles. The van der Waals surface area contributed by atoms with E-state index in [-0.39, 0.29) is 24.3 Å². The molecule has 4 aromatic rings. The molecule has 5 rings (SSSR count).